The molecule has 0 aliphatic carbocycles. The maximum atomic E-state index is 3.98. The molecule has 6 aromatic rings. The molecule has 0 radical (unpaired) electrons. The zero-order valence-electron chi connectivity index (χ0n) is 36.8. The van der Waals surface area contributed by atoms with Crippen LogP contribution in [0.3, 0.4) is 0 Å². The van der Waals surface area contributed by atoms with Crippen LogP contribution in [0.2, 0.25) is 0 Å². The van der Waals surface area contributed by atoms with E-state index in [0.29, 0.717) is 11.8 Å². The third-order valence-corrected chi connectivity index (χ3v) is 12.7. The monoisotopic (exact) mass is 767 g/mol. The van der Waals surface area contributed by atoms with Crippen molar-refractivity contribution in [1.82, 2.24) is 0 Å². The molecule has 2 heteroatoms. The summed E-state index contributed by atoms with van der Waals surface area (Å²) in [5, 5.41) is 0. The second-order valence-corrected chi connectivity index (χ2v) is 19.7. The van der Waals surface area contributed by atoms with Gasteiger partial charge in [-0.05, 0) is 136 Å². The zero-order valence-corrected chi connectivity index (χ0v) is 36.8. The van der Waals surface area contributed by atoms with Gasteiger partial charge in [-0.3, -0.25) is 0 Å². The zero-order chi connectivity index (χ0) is 41.7. The summed E-state index contributed by atoms with van der Waals surface area (Å²) >= 11 is 0. The highest BCUT2D eigenvalue weighted by molar-refractivity contribution is 5.78. The largest absolute Gasteiger partial charge is 0.311 e. The Bertz CT molecular complexity index is 2160. The third kappa shape index (κ3) is 9.67. The van der Waals surface area contributed by atoms with E-state index in [1.54, 1.807) is 0 Å². The van der Waals surface area contributed by atoms with Gasteiger partial charge in [-0.25, -0.2) is 0 Å². The molecule has 2 unspecified atom stereocenters. The molecule has 0 spiro atoms. The smallest absolute Gasteiger partial charge is 0.0464 e. The van der Waals surface area contributed by atoms with Crippen molar-refractivity contribution >= 4 is 40.2 Å². The molecule has 2 nitrogen and oxygen atoms in total. The second kappa shape index (κ2) is 17.3. The van der Waals surface area contributed by atoms with Crippen molar-refractivity contribution in [1.29, 1.82) is 0 Å². The Balaban J connectivity index is 1.36. The molecule has 6 aromatic carbocycles. The van der Waals surface area contributed by atoms with Crippen molar-refractivity contribution in [2.45, 2.75) is 93.9 Å². The van der Waals surface area contributed by atoms with Gasteiger partial charge in [-0.1, -0.05) is 173 Å². The van der Waals surface area contributed by atoms with Crippen molar-refractivity contribution in [2.24, 2.45) is 21.7 Å². The van der Waals surface area contributed by atoms with Crippen LogP contribution < -0.4 is 9.80 Å². The minimum Gasteiger partial charge on any atom is -0.311 e. The third-order valence-electron chi connectivity index (χ3n) is 12.7. The fraction of sp³-hybridized carbons (Fsp3) is 0.321. The molecule has 0 aliphatic heterocycles. The molecule has 0 N–H and O–H groups in total. The molecule has 0 bridgehead atoms. The average Bonchev–Trinajstić information content (AvgIpc) is 3.20. The van der Waals surface area contributed by atoms with Crippen molar-refractivity contribution in [3.8, 4) is 0 Å². The quantitative estimate of drug-likeness (QED) is 0.109. The molecular formula is C56H66N2. The summed E-state index contributed by atoms with van der Waals surface area (Å²) in [4.78, 5) is 4.74. The van der Waals surface area contributed by atoms with Crippen LogP contribution in [0.1, 0.15) is 111 Å². The van der Waals surface area contributed by atoms with Gasteiger partial charge in [0, 0.05) is 34.1 Å². The number of benzene rings is 6. The highest BCUT2D eigenvalue weighted by Gasteiger charge is 2.47. The standard InChI is InChI=1S/C56H66N2/c1-12-42-31-35-48(36-32-42)58(47-28-20-15-21-29-47)50-30-22-23-44(39-50)51(54(5,6)7)41-55(8,9)56(10,11)52(40-53(2,3)4)43-33-37-49(38-34-43)57(45-24-16-13-17-25-45)46-26-18-14-19-27-46/h12-39,51-52H,1,40-41H2,2-11H3. The van der Waals surface area contributed by atoms with Gasteiger partial charge < -0.3 is 9.80 Å². The van der Waals surface area contributed by atoms with Gasteiger partial charge in [-0.15, -0.1) is 0 Å². The van der Waals surface area contributed by atoms with Crippen LogP contribution >= 0.6 is 0 Å². The lowest BCUT2D eigenvalue weighted by molar-refractivity contribution is 0.0305. The molecule has 300 valence electrons. The first-order valence-corrected chi connectivity index (χ1v) is 21.2. The first-order chi connectivity index (χ1) is 27.5. The van der Waals surface area contributed by atoms with E-state index in [9.17, 15) is 0 Å². The Labute approximate surface area is 351 Å². The maximum absolute atomic E-state index is 3.98. The van der Waals surface area contributed by atoms with Crippen molar-refractivity contribution in [2.75, 3.05) is 9.80 Å². The van der Waals surface area contributed by atoms with Crippen molar-refractivity contribution in [3.05, 3.63) is 187 Å². The van der Waals surface area contributed by atoms with E-state index in [2.05, 4.69) is 249 Å². The van der Waals surface area contributed by atoms with Gasteiger partial charge in [0.05, 0.1) is 0 Å². The SMILES string of the molecule is C=Cc1ccc(N(c2ccccc2)c2cccc(C(CC(C)(C)C(C)(C)C(CC(C)(C)C)c3ccc(N(c4ccccc4)c4ccccc4)cc3)C(C)(C)C)c2)cc1. The van der Waals surface area contributed by atoms with Crippen LogP contribution in [-0.2, 0) is 0 Å². The summed E-state index contributed by atoms with van der Waals surface area (Å²) in [6, 6.07) is 59.6. The normalized spacial score (nSPS) is 13.4. The van der Waals surface area contributed by atoms with Crippen LogP contribution in [0.4, 0.5) is 34.1 Å². The first kappa shape index (κ1) is 42.3. The highest BCUT2D eigenvalue weighted by Crippen LogP contribution is 2.58. The molecule has 0 heterocycles. The van der Waals surface area contributed by atoms with Gasteiger partial charge >= 0.3 is 0 Å². The molecule has 0 fully saturated rings. The Morgan fingerprint density at radius 3 is 1.28 bits per heavy atom. The number of rotatable bonds is 14. The molecule has 2 atom stereocenters. The predicted octanol–water partition coefficient (Wildman–Crippen LogP) is 17.1. The number of para-hydroxylation sites is 3. The van der Waals surface area contributed by atoms with Gasteiger partial charge in [0.25, 0.3) is 0 Å². The summed E-state index contributed by atoms with van der Waals surface area (Å²) < 4.78 is 0. The molecule has 0 saturated heterocycles. The lowest BCUT2D eigenvalue weighted by atomic mass is 9.53. The van der Waals surface area contributed by atoms with Crippen LogP contribution in [0.25, 0.3) is 6.08 Å². The van der Waals surface area contributed by atoms with E-state index in [1.165, 1.54) is 22.5 Å². The Morgan fingerprint density at radius 1 is 0.431 bits per heavy atom. The van der Waals surface area contributed by atoms with Gasteiger partial charge in [0.2, 0.25) is 0 Å². The first-order valence-electron chi connectivity index (χ1n) is 21.2. The van der Waals surface area contributed by atoms with Gasteiger partial charge in [0.15, 0.2) is 0 Å². The number of hydrogen-bond donors (Lipinski definition) is 0. The summed E-state index contributed by atoms with van der Waals surface area (Å²) in [6.07, 6.45) is 4.05. The van der Waals surface area contributed by atoms with E-state index in [4.69, 9.17) is 0 Å². The second-order valence-electron chi connectivity index (χ2n) is 19.7. The Morgan fingerprint density at radius 2 is 0.845 bits per heavy atom. The molecule has 0 aromatic heterocycles. The van der Waals surface area contributed by atoms with Gasteiger partial charge in [0.1, 0.15) is 0 Å². The van der Waals surface area contributed by atoms with Crippen LogP contribution in [0.5, 0.6) is 0 Å². The fourth-order valence-corrected chi connectivity index (χ4v) is 8.69. The summed E-state index contributed by atoms with van der Waals surface area (Å²) in [7, 11) is 0. The van der Waals surface area contributed by atoms with Crippen LogP contribution in [-0.4, -0.2) is 0 Å². The summed E-state index contributed by atoms with van der Waals surface area (Å²) in [5.74, 6) is 0.669. The average molecular weight is 767 g/mol. The van der Waals surface area contributed by atoms with E-state index in [1.807, 2.05) is 6.08 Å². The number of hydrogen-bond acceptors (Lipinski definition) is 2. The summed E-state index contributed by atoms with van der Waals surface area (Å²) in [6.45, 7) is 28.6. The van der Waals surface area contributed by atoms with E-state index >= 15 is 0 Å². The van der Waals surface area contributed by atoms with Crippen molar-refractivity contribution in [3.63, 3.8) is 0 Å². The van der Waals surface area contributed by atoms with Gasteiger partial charge in [-0.2, -0.15) is 0 Å². The topological polar surface area (TPSA) is 6.48 Å². The van der Waals surface area contributed by atoms with E-state index in [0.717, 1.165) is 41.2 Å². The molecule has 0 amide bonds. The Hall–Kier alpha value is -5.34. The lowest BCUT2D eigenvalue weighted by Gasteiger charge is -2.52. The van der Waals surface area contributed by atoms with Crippen molar-refractivity contribution < 1.29 is 0 Å². The van der Waals surface area contributed by atoms with Crippen LogP contribution in [0, 0.1) is 21.7 Å². The summed E-state index contributed by atoms with van der Waals surface area (Å²) in [5.41, 5.74) is 11.0. The van der Waals surface area contributed by atoms with E-state index in [-0.39, 0.29) is 21.7 Å². The van der Waals surface area contributed by atoms with E-state index < -0.39 is 0 Å². The minimum atomic E-state index is -0.0373. The predicted molar refractivity (Wildman–Crippen MR) is 254 cm³/mol. The molecule has 6 rings (SSSR count). The molecule has 58 heavy (non-hydrogen) atoms. The molecular weight excluding hydrogens is 701 g/mol. The highest BCUT2D eigenvalue weighted by atomic mass is 15.1. The maximum Gasteiger partial charge on any atom is 0.0464 e. The fourth-order valence-electron chi connectivity index (χ4n) is 8.69. The number of anilines is 6. The Kier molecular flexibility index (Phi) is 12.6. The molecule has 0 aliphatic rings. The lowest BCUT2D eigenvalue weighted by Crippen LogP contribution is -2.41. The minimum absolute atomic E-state index is 0.0186. The molecule has 0 saturated carbocycles. The van der Waals surface area contributed by atoms with Crippen LogP contribution in [0.15, 0.2) is 170 Å². The number of nitrogens with zero attached hydrogens (tertiary/aromatic N) is 2.